The van der Waals surface area contributed by atoms with Crippen molar-refractivity contribution in [3.8, 4) is 11.3 Å². The summed E-state index contributed by atoms with van der Waals surface area (Å²) in [6, 6.07) is 20.7. The van der Waals surface area contributed by atoms with Crippen molar-refractivity contribution >= 4 is 11.7 Å². The molecule has 0 saturated carbocycles. The quantitative estimate of drug-likeness (QED) is 0.440. The van der Waals surface area contributed by atoms with E-state index in [0.29, 0.717) is 5.95 Å². The van der Waals surface area contributed by atoms with Crippen LogP contribution in [-0.2, 0) is 6.42 Å². The van der Waals surface area contributed by atoms with E-state index in [0.717, 1.165) is 34.6 Å². The van der Waals surface area contributed by atoms with Crippen LogP contribution in [0.2, 0.25) is 0 Å². The SMILES string of the molecule is CCCCc1ccc(/C(C)=N\Nc2nc(C)cc(-c3ccccc3)n2)cc1. The Bertz CT molecular complexity index is 899. The molecule has 2 aromatic carbocycles. The minimum Gasteiger partial charge on any atom is -0.245 e. The van der Waals surface area contributed by atoms with E-state index in [2.05, 4.69) is 51.7 Å². The molecule has 0 fully saturated rings. The average Bonchev–Trinajstić information content (AvgIpc) is 2.71. The molecule has 1 aromatic heterocycles. The van der Waals surface area contributed by atoms with Crippen LogP contribution in [-0.4, -0.2) is 15.7 Å². The topological polar surface area (TPSA) is 50.2 Å². The molecule has 0 spiro atoms. The van der Waals surface area contributed by atoms with Gasteiger partial charge in [-0.05, 0) is 43.9 Å². The molecule has 138 valence electrons. The summed E-state index contributed by atoms with van der Waals surface area (Å²) in [4.78, 5) is 9.03. The van der Waals surface area contributed by atoms with Crippen molar-refractivity contribution in [1.29, 1.82) is 0 Å². The molecular formula is C23H26N4. The summed E-state index contributed by atoms with van der Waals surface area (Å²) >= 11 is 0. The molecule has 1 N–H and O–H groups in total. The standard InChI is InChI=1S/C23H26N4/c1-4-5-9-19-12-14-20(15-13-19)18(3)26-27-23-24-17(2)16-22(25-23)21-10-7-6-8-11-21/h6-8,10-16H,4-5,9H2,1-3H3,(H,24,25,27)/b26-18-. The molecule has 3 aromatic rings. The first kappa shape index (κ1) is 18.8. The number of hydrazone groups is 1. The third kappa shape index (κ3) is 5.23. The smallest absolute Gasteiger partial charge is 0.244 e. The second-order valence-electron chi connectivity index (χ2n) is 6.69. The van der Waals surface area contributed by atoms with Crippen LogP contribution in [0.25, 0.3) is 11.3 Å². The first-order chi connectivity index (χ1) is 13.2. The van der Waals surface area contributed by atoms with E-state index in [-0.39, 0.29) is 0 Å². The highest BCUT2D eigenvalue weighted by Gasteiger charge is 2.05. The Morgan fingerprint density at radius 2 is 1.74 bits per heavy atom. The fraction of sp³-hybridized carbons (Fsp3) is 0.261. The van der Waals surface area contributed by atoms with Crippen LogP contribution >= 0.6 is 0 Å². The monoisotopic (exact) mass is 358 g/mol. The second-order valence-corrected chi connectivity index (χ2v) is 6.69. The minimum atomic E-state index is 0.507. The van der Waals surface area contributed by atoms with Crippen molar-refractivity contribution in [2.75, 3.05) is 5.43 Å². The van der Waals surface area contributed by atoms with Gasteiger partial charge < -0.3 is 0 Å². The van der Waals surface area contributed by atoms with E-state index in [9.17, 15) is 0 Å². The molecular weight excluding hydrogens is 332 g/mol. The van der Waals surface area contributed by atoms with E-state index in [1.54, 1.807) is 0 Å². The molecule has 3 rings (SSSR count). The highest BCUT2D eigenvalue weighted by molar-refractivity contribution is 5.99. The van der Waals surface area contributed by atoms with Crippen molar-refractivity contribution in [2.24, 2.45) is 5.10 Å². The Labute approximate surface area is 161 Å². The van der Waals surface area contributed by atoms with Crippen LogP contribution in [0.4, 0.5) is 5.95 Å². The summed E-state index contributed by atoms with van der Waals surface area (Å²) in [6.07, 6.45) is 3.57. The van der Waals surface area contributed by atoms with Crippen LogP contribution in [0.3, 0.4) is 0 Å². The van der Waals surface area contributed by atoms with Crippen LogP contribution in [0.1, 0.15) is 43.5 Å². The molecule has 0 saturated heterocycles. The van der Waals surface area contributed by atoms with Gasteiger partial charge in [0.2, 0.25) is 5.95 Å². The van der Waals surface area contributed by atoms with Crippen molar-refractivity contribution in [3.63, 3.8) is 0 Å². The summed E-state index contributed by atoms with van der Waals surface area (Å²) < 4.78 is 0. The molecule has 1 heterocycles. The molecule has 4 heteroatoms. The maximum atomic E-state index is 4.59. The van der Waals surface area contributed by atoms with Crippen molar-refractivity contribution in [2.45, 2.75) is 40.0 Å². The maximum absolute atomic E-state index is 4.59. The number of anilines is 1. The van der Waals surface area contributed by atoms with E-state index in [1.807, 2.05) is 50.2 Å². The molecule has 0 aliphatic heterocycles. The Kier molecular flexibility index (Phi) is 6.31. The van der Waals surface area contributed by atoms with Gasteiger partial charge in [-0.15, -0.1) is 0 Å². The molecule has 0 aliphatic carbocycles. The van der Waals surface area contributed by atoms with Gasteiger partial charge in [0.05, 0.1) is 11.4 Å². The number of benzene rings is 2. The summed E-state index contributed by atoms with van der Waals surface area (Å²) in [5, 5.41) is 4.47. The third-order valence-corrected chi connectivity index (χ3v) is 4.44. The van der Waals surface area contributed by atoms with E-state index >= 15 is 0 Å². The molecule has 0 unspecified atom stereocenters. The number of hydrogen-bond acceptors (Lipinski definition) is 4. The number of nitrogens with zero attached hydrogens (tertiary/aromatic N) is 3. The summed E-state index contributed by atoms with van der Waals surface area (Å²) in [7, 11) is 0. The van der Waals surface area contributed by atoms with Gasteiger partial charge in [0.1, 0.15) is 0 Å². The van der Waals surface area contributed by atoms with Crippen molar-refractivity contribution < 1.29 is 0 Å². The van der Waals surface area contributed by atoms with Gasteiger partial charge in [-0.2, -0.15) is 5.10 Å². The lowest BCUT2D eigenvalue weighted by atomic mass is 10.0. The van der Waals surface area contributed by atoms with Crippen LogP contribution in [0.15, 0.2) is 65.8 Å². The van der Waals surface area contributed by atoms with Gasteiger partial charge in [0.15, 0.2) is 0 Å². The first-order valence-corrected chi connectivity index (χ1v) is 9.46. The Morgan fingerprint density at radius 1 is 1.00 bits per heavy atom. The van der Waals surface area contributed by atoms with Crippen LogP contribution in [0.5, 0.6) is 0 Å². The second kappa shape index (κ2) is 9.08. The van der Waals surface area contributed by atoms with Gasteiger partial charge in [-0.1, -0.05) is 67.9 Å². The van der Waals surface area contributed by atoms with Crippen LogP contribution in [0, 0.1) is 6.92 Å². The van der Waals surface area contributed by atoms with Gasteiger partial charge in [0.25, 0.3) is 0 Å². The van der Waals surface area contributed by atoms with Gasteiger partial charge >= 0.3 is 0 Å². The van der Waals surface area contributed by atoms with Crippen molar-refractivity contribution in [3.05, 3.63) is 77.5 Å². The summed E-state index contributed by atoms with van der Waals surface area (Å²) in [6.45, 7) is 6.17. The Balaban J connectivity index is 1.74. The molecule has 27 heavy (non-hydrogen) atoms. The highest BCUT2D eigenvalue weighted by atomic mass is 15.4. The Morgan fingerprint density at radius 3 is 2.44 bits per heavy atom. The molecule has 0 aliphatic rings. The highest BCUT2D eigenvalue weighted by Crippen LogP contribution is 2.18. The zero-order valence-corrected chi connectivity index (χ0v) is 16.2. The lowest BCUT2D eigenvalue weighted by Gasteiger charge is -2.07. The molecule has 0 atom stereocenters. The summed E-state index contributed by atoms with van der Waals surface area (Å²) in [5.74, 6) is 0.507. The fourth-order valence-corrected chi connectivity index (χ4v) is 2.87. The zero-order valence-electron chi connectivity index (χ0n) is 16.2. The molecule has 0 radical (unpaired) electrons. The van der Waals surface area contributed by atoms with Gasteiger partial charge in [0, 0.05) is 11.3 Å². The summed E-state index contributed by atoms with van der Waals surface area (Å²) in [5.41, 5.74) is 9.24. The molecule has 0 bridgehead atoms. The predicted octanol–water partition coefficient (Wildman–Crippen LogP) is 5.63. The average molecular weight is 358 g/mol. The van der Waals surface area contributed by atoms with Gasteiger partial charge in [-0.3, -0.25) is 0 Å². The fourth-order valence-electron chi connectivity index (χ4n) is 2.87. The predicted molar refractivity (Wildman–Crippen MR) is 113 cm³/mol. The Hall–Kier alpha value is -3.01. The minimum absolute atomic E-state index is 0.507. The lowest BCUT2D eigenvalue weighted by Crippen LogP contribution is -2.04. The van der Waals surface area contributed by atoms with Crippen molar-refractivity contribution in [1.82, 2.24) is 9.97 Å². The van der Waals surface area contributed by atoms with E-state index in [1.165, 1.54) is 18.4 Å². The number of rotatable bonds is 7. The zero-order chi connectivity index (χ0) is 19.1. The maximum Gasteiger partial charge on any atom is 0.244 e. The molecule has 0 amide bonds. The largest absolute Gasteiger partial charge is 0.245 e. The molecule has 4 nitrogen and oxygen atoms in total. The first-order valence-electron chi connectivity index (χ1n) is 9.46. The third-order valence-electron chi connectivity index (χ3n) is 4.44. The van der Waals surface area contributed by atoms with E-state index in [4.69, 9.17) is 0 Å². The van der Waals surface area contributed by atoms with E-state index < -0.39 is 0 Å². The normalized spacial score (nSPS) is 11.4. The van der Waals surface area contributed by atoms with Gasteiger partial charge in [-0.25, -0.2) is 15.4 Å². The number of hydrogen-bond donors (Lipinski definition) is 1. The van der Waals surface area contributed by atoms with Crippen LogP contribution < -0.4 is 5.43 Å². The lowest BCUT2D eigenvalue weighted by molar-refractivity contribution is 0.795. The number of aromatic nitrogens is 2. The number of aryl methyl sites for hydroxylation is 2. The number of nitrogens with one attached hydrogen (secondary N) is 1. The number of unbranched alkanes of at least 4 members (excludes halogenated alkanes) is 1.